The van der Waals surface area contributed by atoms with Gasteiger partial charge in [-0.1, -0.05) is 24.3 Å². The fourth-order valence-corrected chi connectivity index (χ4v) is 1.98. The fourth-order valence-electron chi connectivity index (χ4n) is 1.98. The molecule has 0 aliphatic rings. The van der Waals surface area contributed by atoms with E-state index in [0.29, 0.717) is 16.8 Å². The highest BCUT2D eigenvalue weighted by Crippen LogP contribution is 2.22. The lowest BCUT2D eigenvalue weighted by Gasteiger charge is -2.12. The largest absolute Gasteiger partial charge is 0.494 e. The molecule has 0 unspecified atom stereocenters. The van der Waals surface area contributed by atoms with Crippen molar-refractivity contribution in [2.24, 2.45) is 0 Å². The van der Waals surface area contributed by atoms with E-state index in [1.807, 2.05) is 0 Å². The van der Waals surface area contributed by atoms with Crippen molar-refractivity contribution in [2.45, 2.75) is 13.5 Å². The first-order chi connectivity index (χ1) is 10.0. The Morgan fingerprint density at radius 2 is 1.90 bits per heavy atom. The Bertz CT molecular complexity index is 631. The van der Waals surface area contributed by atoms with Crippen LogP contribution in [0.4, 0.5) is 4.39 Å². The minimum Gasteiger partial charge on any atom is -0.494 e. The van der Waals surface area contributed by atoms with Crippen molar-refractivity contribution in [1.29, 1.82) is 0 Å². The van der Waals surface area contributed by atoms with Crippen LogP contribution in [0.1, 0.15) is 11.1 Å². The van der Waals surface area contributed by atoms with Crippen LogP contribution in [0.25, 0.3) is 0 Å². The third kappa shape index (κ3) is 3.54. The third-order valence-electron chi connectivity index (χ3n) is 3.14. The van der Waals surface area contributed by atoms with Crippen molar-refractivity contribution in [2.75, 3.05) is 7.11 Å². The Labute approximate surface area is 122 Å². The summed E-state index contributed by atoms with van der Waals surface area (Å²) in [5, 5.41) is 18.2. The Balaban J connectivity index is 2.13. The molecule has 0 saturated carbocycles. The van der Waals surface area contributed by atoms with Gasteiger partial charge in [0.05, 0.1) is 7.11 Å². The summed E-state index contributed by atoms with van der Waals surface area (Å²) in [5.74, 6) is 0.285. The summed E-state index contributed by atoms with van der Waals surface area (Å²) in [5.41, 5.74) is 1.51. The molecule has 2 rings (SSSR count). The van der Waals surface area contributed by atoms with E-state index in [-0.39, 0.29) is 12.4 Å². The predicted molar refractivity (Wildman–Crippen MR) is 78.3 cm³/mol. The van der Waals surface area contributed by atoms with Crippen molar-refractivity contribution in [1.82, 2.24) is 0 Å². The second-order valence-electron chi connectivity index (χ2n) is 4.62. The maximum absolute atomic E-state index is 14.0. The molecule has 0 amide bonds. The quantitative estimate of drug-likeness (QED) is 0.817. The lowest BCUT2D eigenvalue weighted by atomic mass is 9.79. The molecule has 0 aliphatic heterocycles. The second kappa shape index (κ2) is 6.60. The van der Waals surface area contributed by atoms with E-state index in [0.717, 1.165) is 5.56 Å². The second-order valence-corrected chi connectivity index (χ2v) is 4.62. The molecule has 2 aromatic rings. The van der Waals surface area contributed by atoms with E-state index in [9.17, 15) is 4.39 Å². The van der Waals surface area contributed by atoms with E-state index in [1.165, 1.54) is 7.11 Å². The average Bonchev–Trinajstić information content (AvgIpc) is 2.47. The maximum atomic E-state index is 14.0. The molecule has 21 heavy (non-hydrogen) atoms. The maximum Gasteiger partial charge on any atom is 0.488 e. The first kappa shape index (κ1) is 15.3. The number of rotatable bonds is 5. The van der Waals surface area contributed by atoms with Gasteiger partial charge >= 0.3 is 7.12 Å². The molecule has 0 aromatic heterocycles. The topological polar surface area (TPSA) is 58.9 Å². The van der Waals surface area contributed by atoms with Crippen molar-refractivity contribution < 1.29 is 23.9 Å². The van der Waals surface area contributed by atoms with Gasteiger partial charge in [-0.15, -0.1) is 0 Å². The highest BCUT2D eigenvalue weighted by molar-refractivity contribution is 6.58. The number of aryl methyl sites for hydroxylation is 1. The summed E-state index contributed by atoms with van der Waals surface area (Å²) in [6.45, 7) is 1.84. The van der Waals surface area contributed by atoms with Gasteiger partial charge in [-0.3, -0.25) is 0 Å². The van der Waals surface area contributed by atoms with Crippen molar-refractivity contribution >= 4 is 12.6 Å². The zero-order valence-corrected chi connectivity index (χ0v) is 11.8. The zero-order chi connectivity index (χ0) is 15.4. The van der Waals surface area contributed by atoms with Crippen LogP contribution in [0.3, 0.4) is 0 Å². The molecule has 4 nitrogen and oxygen atoms in total. The Kier molecular flexibility index (Phi) is 4.83. The van der Waals surface area contributed by atoms with Crippen LogP contribution >= 0.6 is 0 Å². The SMILES string of the molecule is COc1cccc(COc2ccc(B(O)O)cc2C)c1F. The van der Waals surface area contributed by atoms with Crippen LogP contribution in [0.2, 0.25) is 0 Å². The third-order valence-corrected chi connectivity index (χ3v) is 3.14. The lowest BCUT2D eigenvalue weighted by Crippen LogP contribution is -2.29. The highest BCUT2D eigenvalue weighted by atomic mass is 19.1. The Morgan fingerprint density at radius 1 is 1.14 bits per heavy atom. The van der Waals surface area contributed by atoms with Crippen LogP contribution in [0.15, 0.2) is 36.4 Å². The summed E-state index contributed by atoms with van der Waals surface area (Å²) >= 11 is 0. The van der Waals surface area contributed by atoms with Crippen LogP contribution in [-0.2, 0) is 6.61 Å². The highest BCUT2D eigenvalue weighted by Gasteiger charge is 2.13. The minimum absolute atomic E-state index is 0.0604. The van der Waals surface area contributed by atoms with Crippen LogP contribution in [0.5, 0.6) is 11.5 Å². The van der Waals surface area contributed by atoms with E-state index in [2.05, 4.69) is 0 Å². The number of hydrogen-bond acceptors (Lipinski definition) is 4. The van der Waals surface area contributed by atoms with Crippen molar-refractivity contribution in [3.8, 4) is 11.5 Å². The number of benzene rings is 2. The molecule has 0 heterocycles. The number of methoxy groups -OCH3 is 1. The van der Waals surface area contributed by atoms with Gasteiger partial charge in [-0.05, 0) is 30.1 Å². The van der Waals surface area contributed by atoms with Gasteiger partial charge in [0, 0.05) is 5.56 Å². The van der Waals surface area contributed by atoms with Gasteiger partial charge in [0.1, 0.15) is 12.4 Å². The van der Waals surface area contributed by atoms with Gasteiger partial charge in [-0.2, -0.15) is 0 Å². The Morgan fingerprint density at radius 3 is 2.52 bits per heavy atom. The van der Waals surface area contributed by atoms with Crippen LogP contribution < -0.4 is 14.9 Å². The summed E-state index contributed by atoms with van der Waals surface area (Å²) < 4.78 is 24.5. The molecule has 2 aromatic carbocycles. The fraction of sp³-hybridized carbons (Fsp3) is 0.200. The summed E-state index contributed by atoms with van der Waals surface area (Å²) in [6, 6.07) is 9.65. The first-order valence-corrected chi connectivity index (χ1v) is 6.43. The zero-order valence-electron chi connectivity index (χ0n) is 11.8. The molecule has 0 bridgehead atoms. The van der Waals surface area contributed by atoms with E-state index in [4.69, 9.17) is 19.5 Å². The summed E-state index contributed by atoms with van der Waals surface area (Å²) in [6.07, 6.45) is 0. The van der Waals surface area contributed by atoms with E-state index < -0.39 is 12.9 Å². The molecule has 0 aliphatic carbocycles. The molecule has 110 valence electrons. The average molecular weight is 290 g/mol. The van der Waals surface area contributed by atoms with Crippen molar-refractivity contribution in [3.05, 3.63) is 53.3 Å². The van der Waals surface area contributed by atoms with E-state index >= 15 is 0 Å². The molecule has 0 saturated heterocycles. The van der Waals surface area contributed by atoms with Gasteiger partial charge < -0.3 is 19.5 Å². The molecule has 6 heteroatoms. The molecule has 0 spiro atoms. The molecule has 0 atom stereocenters. The molecular weight excluding hydrogens is 274 g/mol. The Hall–Kier alpha value is -2.05. The minimum atomic E-state index is -1.52. The van der Waals surface area contributed by atoms with Gasteiger partial charge in [0.2, 0.25) is 0 Å². The van der Waals surface area contributed by atoms with Crippen LogP contribution in [-0.4, -0.2) is 24.3 Å². The molecule has 0 radical (unpaired) electrons. The molecule has 0 fully saturated rings. The predicted octanol–water partition coefficient (Wildman–Crippen LogP) is 1.40. The smallest absolute Gasteiger partial charge is 0.488 e. The first-order valence-electron chi connectivity index (χ1n) is 6.43. The number of ether oxygens (including phenoxy) is 2. The van der Waals surface area contributed by atoms with E-state index in [1.54, 1.807) is 43.3 Å². The van der Waals surface area contributed by atoms with Gasteiger partial charge in [0.15, 0.2) is 11.6 Å². The summed E-state index contributed by atoms with van der Waals surface area (Å²) in [7, 11) is -0.111. The summed E-state index contributed by atoms with van der Waals surface area (Å²) in [4.78, 5) is 0. The normalized spacial score (nSPS) is 10.3. The van der Waals surface area contributed by atoms with Gasteiger partial charge in [0.25, 0.3) is 0 Å². The molecular formula is C15H16BFO4. The van der Waals surface area contributed by atoms with Gasteiger partial charge in [-0.25, -0.2) is 4.39 Å². The lowest BCUT2D eigenvalue weighted by molar-refractivity contribution is 0.294. The molecule has 2 N–H and O–H groups in total. The number of hydrogen-bond donors (Lipinski definition) is 2. The number of halogens is 1. The monoisotopic (exact) mass is 290 g/mol. The van der Waals surface area contributed by atoms with Crippen molar-refractivity contribution in [3.63, 3.8) is 0 Å². The van der Waals surface area contributed by atoms with Crippen LogP contribution in [0, 0.1) is 12.7 Å². The standard InChI is InChI=1S/C15H16BFO4/c1-10-8-12(16(18)19)6-7-13(10)21-9-11-4-3-5-14(20-2)15(11)17/h3-8,18-19H,9H2,1-2H3.